The van der Waals surface area contributed by atoms with Crippen LogP contribution in [0.4, 0.5) is 0 Å². The van der Waals surface area contributed by atoms with Gasteiger partial charge in [0.2, 0.25) is 5.91 Å². The molecule has 2 rings (SSSR count). The van der Waals surface area contributed by atoms with E-state index in [9.17, 15) is 4.79 Å². The minimum Gasteiger partial charge on any atom is -0.491 e. The van der Waals surface area contributed by atoms with Gasteiger partial charge in [0.25, 0.3) is 0 Å². The number of ether oxygens (including phenoxy) is 2. The summed E-state index contributed by atoms with van der Waals surface area (Å²) in [5.41, 5.74) is 1.06. The molecule has 1 aromatic carbocycles. The zero-order valence-electron chi connectivity index (χ0n) is 10.1. The minimum atomic E-state index is -0.0548. The van der Waals surface area contributed by atoms with Gasteiger partial charge in [-0.05, 0) is 31.5 Å². The number of nitrogens with one attached hydrogen (secondary N) is 1. The Bertz CT molecular complexity index is 376. The lowest BCUT2D eigenvalue weighted by Crippen LogP contribution is -2.38. The molecule has 92 valence electrons. The van der Waals surface area contributed by atoms with Crippen molar-refractivity contribution < 1.29 is 14.3 Å². The Morgan fingerprint density at radius 1 is 1.35 bits per heavy atom. The summed E-state index contributed by atoms with van der Waals surface area (Å²) in [6.07, 6.45) is 0.117. The summed E-state index contributed by atoms with van der Waals surface area (Å²) in [5.74, 6) is 0.796. The number of carbonyl (C=O) groups is 1. The Hall–Kier alpha value is -1.55. The lowest BCUT2D eigenvalue weighted by atomic mass is 10.1. The number of carbonyl (C=O) groups excluding carboxylic acids is 1. The van der Waals surface area contributed by atoms with Crippen molar-refractivity contribution in [1.82, 2.24) is 5.32 Å². The minimum absolute atomic E-state index is 0.0546. The van der Waals surface area contributed by atoms with Crippen LogP contribution in [0.25, 0.3) is 0 Å². The van der Waals surface area contributed by atoms with Gasteiger partial charge in [-0.25, -0.2) is 0 Å². The smallest absolute Gasteiger partial charge is 0.246 e. The van der Waals surface area contributed by atoms with Gasteiger partial charge in [0.15, 0.2) is 0 Å². The van der Waals surface area contributed by atoms with Crippen molar-refractivity contribution in [2.45, 2.75) is 26.1 Å². The van der Waals surface area contributed by atoms with Crippen LogP contribution < -0.4 is 10.1 Å². The van der Waals surface area contributed by atoms with Crippen LogP contribution in [-0.2, 0) is 9.53 Å². The number of amides is 1. The van der Waals surface area contributed by atoms with E-state index in [0.29, 0.717) is 6.54 Å². The van der Waals surface area contributed by atoms with Crippen molar-refractivity contribution in [2.24, 2.45) is 0 Å². The topological polar surface area (TPSA) is 47.6 Å². The highest BCUT2D eigenvalue weighted by atomic mass is 16.5. The highest BCUT2D eigenvalue weighted by Crippen LogP contribution is 2.22. The second kappa shape index (κ2) is 5.19. The fourth-order valence-corrected chi connectivity index (χ4v) is 1.74. The zero-order valence-corrected chi connectivity index (χ0v) is 10.1. The number of hydrogen-bond acceptors (Lipinski definition) is 3. The summed E-state index contributed by atoms with van der Waals surface area (Å²) in [6, 6.07) is 7.80. The van der Waals surface area contributed by atoms with Gasteiger partial charge in [-0.15, -0.1) is 0 Å². The van der Waals surface area contributed by atoms with Crippen LogP contribution >= 0.6 is 0 Å². The van der Waals surface area contributed by atoms with Crippen molar-refractivity contribution in [2.75, 3.05) is 13.2 Å². The van der Waals surface area contributed by atoms with E-state index in [4.69, 9.17) is 9.47 Å². The first-order valence-corrected chi connectivity index (χ1v) is 5.80. The lowest BCUT2D eigenvalue weighted by Gasteiger charge is -2.23. The average molecular weight is 235 g/mol. The van der Waals surface area contributed by atoms with Crippen LogP contribution in [0.2, 0.25) is 0 Å². The van der Waals surface area contributed by atoms with E-state index in [1.807, 2.05) is 38.1 Å². The van der Waals surface area contributed by atoms with Gasteiger partial charge in [0.05, 0.1) is 6.10 Å². The highest BCUT2D eigenvalue weighted by molar-refractivity contribution is 5.77. The van der Waals surface area contributed by atoms with Gasteiger partial charge >= 0.3 is 0 Å². The largest absolute Gasteiger partial charge is 0.491 e. The summed E-state index contributed by atoms with van der Waals surface area (Å²) < 4.78 is 11.0. The second-order valence-corrected chi connectivity index (χ2v) is 4.34. The Kier molecular flexibility index (Phi) is 3.64. The Balaban J connectivity index is 2.00. The number of benzene rings is 1. The molecule has 1 atom stereocenters. The van der Waals surface area contributed by atoms with Gasteiger partial charge in [-0.2, -0.15) is 0 Å². The molecule has 0 radical (unpaired) electrons. The summed E-state index contributed by atoms with van der Waals surface area (Å²) in [7, 11) is 0. The third kappa shape index (κ3) is 3.20. The average Bonchev–Trinajstić information content (AvgIpc) is 2.30. The number of hydrogen-bond donors (Lipinski definition) is 1. The molecule has 17 heavy (non-hydrogen) atoms. The molecule has 0 spiro atoms. The van der Waals surface area contributed by atoms with Crippen molar-refractivity contribution in [3.63, 3.8) is 0 Å². The first kappa shape index (κ1) is 11.9. The molecule has 1 unspecified atom stereocenters. The fourth-order valence-electron chi connectivity index (χ4n) is 1.74. The maximum absolute atomic E-state index is 11.0. The third-order valence-electron chi connectivity index (χ3n) is 2.52. The van der Waals surface area contributed by atoms with Gasteiger partial charge in [-0.1, -0.05) is 12.1 Å². The summed E-state index contributed by atoms with van der Waals surface area (Å²) in [5, 5.41) is 2.78. The van der Waals surface area contributed by atoms with Crippen LogP contribution in [0.1, 0.15) is 25.5 Å². The van der Waals surface area contributed by atoms with E-state index in [1.54, 1.807) is 0 Å². The molecule has 0 aromatic heterocycles. The molecule has 0 bridgehead atoms. The molecule has 1 aliphatic heterocycles. The molecular weight excluding hydrogens is 218 g/mol. The summed E-state index contributed by atoms with van der Waals surface area (Å²) in [4.78, 5) is 11.0. The number of rotatable bonds is 3. The van der Waals surface area contributed by atoms with Crippen LogP contribution in [0.15, 0.2) is 24.3 Å². The van der Waals surface area contributed by atoms with Gasteiger partial charge in [-0.3, -0.25) is 4.79 Å². The molecule has 1 aliphatic rings. The van der Waals surface area contributed by atoms with E-state index in [-0.39, 0.29) is 24.7 Å². The Morgan fingerprint density at radius 3 is 2.59 bits per heavy atom. The van der Waals surface area contributed by atoms with Gasteiger partial charge < -0.3 is 14.8 Å². The molecular formula is C13H17NO3. The molecule has 1 heterocycles. The maximum Gasteiger partial charge on any atom is 0.246 e. The molecule has 1 aromatic rings. The molecule has 4 heteroatoms. The molecule has 0 saturated carbocycles. The molecule has 4 nitrogen and oxygen atoms in total. The van der Waals surface area contributed by atoms with Crippen molar-refractivity contribution in [3.8, 4) is 5.75 Å². The van der Waals surface area contributed by atoms with Crippen LogP contribution in [0, 0.1) is 0 Å². The Labute approximate surface area is 101 Å². The first-order valence-electron chi connectivity index (χ1n) is 5.80. The lowest BCUT2D eigenvalue weighted by molar-refractivity contribution is -0.133. The summed E-state index contributed by atoms with van der Waals surface area (Å²) >= 11 is 0. The van der Waals surface area contributed by atoms with Gasteiger partial charge in [0.1, 0.15) is 18.5 Å². The van der Waals surface area contributed by atoms with E-state index in [0.717, 1.165) is 11.3 Å². The van der Waals surface area contributed by atoms with E-state index in [1.165, 1.54) is 0 Å². The molecule has 1 amide bonds. The van der Waals surface area contributed by atoms with E-state index < -0.39 is 0 Å². The second-order valence-electron chi connectivity index (χ2n) is 4.34. The van der Waals surface area contributed by atoms with Crippen LogP contribution in [0.3, 0.4) is 0 Å². The molecule has 0 aliphatic carbocycles. The van der Waals surface area contributed by atoms with E-state index >= 15 is 0 Å². The van der Waals surface area contributed by atoms with Crippen molar-refractivity contribution >= 4 is 5.91 Å². The van der Waals surface area contributed by atoms with Crippen LogP contribution in [-0.4, -0.2) is 25.2 Å². The predicted molar refractivity (Wildman–Crippen MR) is 63.9 cm³/mol. The van der Waals surface area contributed by atoms with Crippen LogP contribution in [0.5, 0.6) is 5.75 Å². The standard InChI is InChI=1S/C13H17NO3/c1-9(2)17-11-5-3-10(4-6-11)12-7-14-13(15)8-16-12/h3-6,9,12H,7-8H2,1-2H3,(H,14,15). The highest BCUT2D eigenvalue weighted by Gasteiger charge is 2.19. The van der Waals surface area contributed by atoms with Crippen molar-refractivity contribution in [3.05, 3.63) is 29.8 Å². The summed E-state index contributed by atoms with van der Waals surface area (Å²) in [6.45, 7) is 4.65. The Morgan fingerprint density at radius 2 is 2.06 bits per heavy atom. The monoisotopic (exact) mass is 235 g/mol. The molecule has 1 fully saturated rings. The van der Waals surface area contributed by atoms with Crippen molar-refractivity contribution in [1.29, 1.82) is 0 Å². The molecule has 1 N–H and O–H groups in total. The SMILES string of the molecule is CC(C)Oc1ccc(C2CNC(=O)CO2)cc1. The fraction of sp³-hybridized carbons (Fsp3) is 0.462. The quantitative estimate of drug-likeness (QED) is 0.866. The van der Waals surface area contributed by atoms with E-state index in [2.05, 4.69) is 5.32 Å². The molecule has 1 saturated heterocycles. The third-order valence-corrected chi connectivity index (χ3v) is 2.52. The number of morpholine rings is 1. The predicted octanol–water partition coefficient (Wildman–Crippen LogP) is 1.66. The zero-order chi connectivity index (χ0) is 12.3. The first-order chi connectivity index (χ1) is 8.15. The maximum atomic E-state index is 11.0. The normalized spacial score (nSPS) is 20.2. The van der Waals surface area contributed by atoms with Gasteiger partial charge in [0, 0.05) is 6.54 Å².